The molecule has 1 aliphatic heterocycles. The summed E-state index contributed by atoms with van der Waals surface area (Å²) in [5.41, 5.74) is 0.789. The molecule has 1 unspecified atom stereocenters. The van der Waals surface area contributed by atoms with Crippen LogP contribution in [0.1, 0.15) is 38.5 Å². The van der Waals surface area contributed by atoms with Gasteiger partial charge in [0.15, 0.2) is 0 Å². The van der Waals surface area contributed by atoms with Gasteiger partial charge in [-0.25, -0.2) is 0 Å². The molecular formula is C12H22N2. The number of piperazine rings is 1. The summed E-state index contributed by atoms with van der Waals surface area (Å²) in [6.45, 7) is 5.03. The van der Waals surface area contributed by atoms with Crippen LogP contribution in [0.15, 0.2) is 0 Å². The maximum absolute atomic E-state index is 3.46. The van der Waals surface area contributed by atoms with Crippen molar-refractivity contribution in [3.8, 4) is 0 Å². The first-order chi connectivity index (χ1) is 6.91. The predicted molar refractivity (Wildman–Crippen MR) is 58.4 cm³/mol. The molecule has 0 amide bonds. The Balaban J connectivity index is 1.70. The number of hydrogen-bond acceptors (Lipinski definition) is 2. The molecule has 1 heterocycles. The first kappa shape index (κ1) is 9.17. The number of nitrogens with one attached hydrogen (secondary N) is 1. The Morgan fingerprint density at radius 3 is 2.36 bits per heavy atom. The lowest BCUT2D eigenvalue weighted by molar-refractivity contribution is 0.0168. The fourth-order valence-corrected chi connectivity index (χ4v) is 3.90. The van der Waals surface area contributed by atoms with Crippen molar-refractivity contribution in [3.63, 3.8) is 0 Å². The Labute approximate surface area is 87.0 Å². The molecule has 0 aromatic rings. The van der Waals surface area contributed by atoms with Crippen LogP contribution in [0.5, 0.6) is 0 Å². The fourth-order valence-electron chi connectivity index (χ4n) is 3.90. The minimum atomic E-state index is 0.789. The van der Waals surface area contributed by atoms with Crippen LogP contribution < -0.4 is 5.32 Å². The van der Waals surface area contributed by atoms with Crippen molar-refractivity contribution in [1.29, 1.82) is 0 Å². The van der Waals surface area contributed by atoms with E-state index in [0.29, 0.717) is 0 Å². The first-order valence-corrected chi connectivity index (χ1v) is 6.36. The molecule has 1 spiro atoms. The normalized spacial score (nSPS) is 37.3. The van der Waals surface area contributed by atoms with Crippen LogP contribution in [0.4, 0.5) is 0 Å². The molecule has 0 aromatic carbocycles. The fraction of sp³-hybridized carbons (Fsp3) is 1.00. The second kappa shape index (κ2) is 3.49. The summed E-state index contributed by atoms with van der Waals surface area (Å²) in [5, 5.41) is 3.46. The van der Waals surface area contributed by atoms with Crippen LogP contribution in [0.2, 0.25) is 0 Å². The Morgan fingerprint density at radius 2 is 1.71 bits per heavy atom. The van der Waals surface area contributed by atoms with Gasteiger partial charge in [-0.3, -0.25) is 4.90 Å². The average molecular weight is 194 g/mol. The third-order valence-corrected chi connectivity index (χ3v) is 4.80. The number of hydrogen-bond donors (Lipinski definition) is 1. The molecular weight excluding hydrogens is 172 g/mol. The molecule has 0 bridgehead atoms. The zero-order valence-corrected chi connectivity index (χ0v) is 9.10. The molecule has 14 heavy (non-hydrogen) atoms. The van der Waals surface area contributed by atoms with Gasteiger partial charge in [-0.05, 0) is 31.1 Å². The van der Waals surface area contributed by atoms with Crippen molar-refractivity contribution in [2.24, 2.45) is 5.41 Å². The highest BCUT2D eigenvalue weighted by atomic mass is 15.2. The van der Waals surface area contributed by atoms with Crippen LogP contribution in [0.3, 0.4) is 0 Å². The van der Waals surface area contributed by atoms with Gasteiger partial charge in [0.1, 0.15) is 0 Å². The van der Waals surface area contributed by atoms with Crippen molar-refractivity contribution in [2.75, 3.05) is 26.2 Å². The SMILES string of the molecule is C1CC(N2CCNCC2)C2(C1)CCC2. The van der Waals surface area contributed by atoms with Crippen LogP contribution in [-0.2, 0) is 0 Å². The zero-order valence-electron chi connectivity index (χ0n) is 9.10. The van der Waals surface area contributed by atoms with Gasteiger partial charge in [-0.2, -0.15) is 0 Å². The highest BCUT2D eigenvalue weighted by Gasteiger charge is 2.49. The summed E-state index contributed by atoms with van der Waals surface area (Å²) >= 11 is 0. The molecule has 3 rings (SSSR count). The van der Waals surface area contributed by atoms with Gasteiger partial charge < -0.3 is 5.32 Å². The highest BCUT2D eigenvalue weighted by Crippen LogP contribution is 2.54. The van der Waals surface area contributed by atoms with Gasteiger partial charge in [-0.15, -0.1) is 0 Å². The lowest BCUT2D eigenvalue weighted by atomic mass is 9.65. The molecule has 2 heteroatoms. The standard InChI is InChI=1S/C12H22N2/c1-3-11(12(4-1)5-2-6-12)14-9-7-13-8-10-14/h11,13H,1-10H2. The van der Waals surface area contributed by atoms with Gasteiger partial charge in [-0.1, -0.05) is 12.8 Å². The molecule has 0 aromatic heterocycles. The molecule has 1 N–H and O–H groups in total. The summed E-state index contributed by atoms with van der Waals surface area (Å²) in [4.78, 5) is 2.78. The summed E-state index contributed by atoms with van der Waals surface area (Å²) in [6, 6.07) is 0.957. The Hall–Kier alpha value is -0.0800. The summed E-state index contributed by atoms with van der Waals surface area (Å²) in [5.74, 6) is 0. The minimum Gasteiger partial charge on any atom is -0.314 e. The molecule has 80 valence electrons. The van der Waals surface area contributed by atoms with E-state index in [1.807, 2.05) is 0 Å². The number of nitrogens with zero attached hydrogens (tertiary/aromatic N) is 1. The molecule has 2 saturated carbocycles. The molecule has 3 aliphatic rings. The van der Waals surface area contributed by atoms with E-state index in [-0.39, 0.29) is 0 Å². The second-order valence-corrected chi connectivity index (χ2v) is 5.41. The Morgan fingerprint density at radius 1 is 1.00 bits per heavy atom. The molecule has 3 fully saturated rings. The molecule has 1 atom stereocenters. The highest BCUT2D eigenvalue weighted by molar-refractivity contribution is 5.02. The van der Waals surface area contributed by atoms with Crippen LogP contribution in [0.25, 0.3) is 0 Å². The molecule has 2 aliphatic carbocycles. The maximum Gasteiger partial charge on any atom is 0.0153 e. The number of rotatable bonds is 1. The summed E-state index contributed by atoms with van der Waals surface area (Å²) < 4.78 is 0. The van der Waals surface area contributed by atoms with Gasteiger partial charge in [0.2, 0.25) is 0 Å². The lowest BCUT2D eigenvalue weighted by Gasteiger charge is -2.49. The smallest absolute Gasteiger partial charge is 0.0153 e. The van der Waals surface area contributed by atoms with Gasteiger partial charge in [0.25, 0.3) is 0 Å². The van der Waals surface area contributed by atoms with E-state index >= 15 is 0 Å². The molecule has 2 nitrogen and oxygen atoms in total. The van der Waals surface area contributed by atoms with E-state index in [1.165, 1.54) is 64.7 Å². The minimum absolute atomic E-state index is 0.789. The average Bonchev–Trinajstić information content (AvgIpc) is 2.62. The van der Waals surface area contributed by atoms with Crippen molar-refractivity contribution < 1.29 is 0 Å². The summed E-state index contributed by atoms with van der Waals surface area (Å²) in [7, 11) is 0. The van der Waals surface area contributed by atoms with Gasteiger partial charge >= 0.3 is 0 Å². The maximum atomic E-state index is 3.46. The van der Waals surface area contributed by atoms with Gasteiger partial charge in [0.05, 0.1) is 0 Å². The zero-order chi connectivity index (χ0) is 9.43. The van der Waals surface area contributed by atoms with Crippen molar-refractivity contribution in [2.45, 2.75) is 44.6 Å². The van der Waals surface area contributed by atoms with Crippen molar-refractivity contribution >= 4 is 0 Å². The third-order valence-electron chi connectivity index (χ3n) is 4.80. The van der Waals surface area contributed by atoms with Crippen LogP contribution in [-0.4, -0.2) is 37.1 Å². The molecule has 1 saturated heterocycles. The Kier molecular flexibility index (Phi) is 2.29. The molecule has 0 radical (unpaired) electrons. The van der Waals surface area contributed by atoms with E-state index in [2.05, 4.69) is 10.2 Å². The van der Waals surface area contributed by atoms with Crippen molar-refractivity contribution in [1.82, 2.24) is 10.2 Å². The quantitative estimate of drug-likeness (QED) is 0.682. The van der Waals surface area contributed by atoms with E-state index in [0.717, 1.165) is 11.5 Å². The van der Waals surface area contributed by atoms with Gasteiger partial charge in [0, 0.05) is 32.2 Å². The van der Waals surface area contributed by atoms with Crippen LogP contribution >= 0.6 is 0 Å². The topological polar surface area (TPSA) is 15.3 Å². The second-order valence-electron chi connectivity index (χ2n) is 5.41. The van der Waals surface area contributed by atoms with E-state index < -0.39 is 0 Å². The van der Waals surface area contributed by atoms with E-state index in [9.17, 15) is 0 Å². The third kappa shape index (κ3) is 1.31. The van der Waals surface area contributed by atoms with Crippen molar-refractivity contribution in [3.05, 3.63) is 0 Å². The lowest BCUT2D eigenvalue weighted by Crippen LogP contribution is -2.54. The summed E-state index contributed by atoms with van der Waals surface area (Å²) in [6.07, 6.45) is 9.07. The Bertz CT molecular complexity index is 204. The van der Waals surface area contributed by atoms with E-state index in [1.54, 1.807) is 0 Å². The van der Waals surface area contributed by atoms with E-state index in [4.69, 9.17) is 0 Å². The largest absolute Gasteiger partial charge is 0.314 e. The monoisotopic (exact) mass is 194 g/mol. The first-order valence-electron chi connectivity index (χ1n) is 6.36. The predicted octanol–water partition coefficient (Wildman–Crippen LogP) is 1.61. The van der Waals surface area contributed by atoms with Crippen LogP contribution in [0, 0.1) is 5.41 Å².